The lowest BCUT2D eigenvalue weighted by atomic mass is 10.2. The van der Waals surface area contributed by atoms with Crippen LogP contribution in [0.15, 0.2) is 22.7 Å². The normalized spacial score (nSPS) is 19.7. The van der Waals surface area contributed by atoms with E-state index in [0.29, 0.717) is 23.4 Å². The fourth-order valence-electron chi connectivity index (χ4n) is 1.55. The third-order valence-corrected chi connectivity index (χ3v) is 2.77. The second-order valence-corrected chi connectivity index (χ2v) is 4.50. The topological polar surface area (TPSA) is 55.8 Å². The molecule has 1 aliphatic rings. The summed E-state index contributed by atoms with van der Waals surface area (Å²) in [5.74, 6) is -0.406. The first-order chi connectivity index (χ1) is 7.65. The average molecular weight is 287 g/mol. The number of benzene rings is 1. The standard InChI is InChI=1S/C11H11BrO4/c12-8-3-7(11(13)14)4-10(5-8)16-9-1-2-15-6-9/h3-5,9H,1-2,6H2,(H,13,14)/t9-/m1/s1. The van der Waals surface area contributed by atoms with Crippen molar-refractivity contribution < 1.29 is 19.4 Å². The molecule has 0 saturated carbocycles. The highest BCUT2D eigenvalue weighted by molar-refractivity contribution is 9.10. The lowest BCUT2D eigenvalue weighted by Crippen LogP contribution is -2.16. The van der Waals surface area contributed by atoms with Gasteiger partial charge in [0.2, 0.25) is 0 Å². The van der Waals surface area contributed by atoms with Crippen molar-refractivity contribution in [1.29, 1.82) is 0 Å². The molecule has 1 N–H and O–H groups in total. The number of hydrogen-bond acceptors (Lipinski definition) is 3. The highest BCUT2D eigenvalue weighted by Crippen LogP contribution is 2.24. The van der Waals surface area contributed by atoms with Crippen LogP contribution in [0.3, 0.4) is 0 Å². The molecule has 1 heterocycles. The van der Waals surface area contributed by atoms with Crippen LogP contribution in [0.4, 0.5) is 0 Å². The number of carboxylic acids is 1. The van der Waals surface area contributed by atoms with Crippen LogP contribution in [0.25, 0.3) is 0 Å². The summed E-state index contributed by atoms with van der Waals surface area (Å²) in [6.45, 7) is 1.26. The molecule has 5 heteroatoms. The number of ether oxygens (including phenoxy) is 2. The first kappa shape index (κ1) is 11.4. The van der Waals surface area contributed by atoms with Crippen LogP contribution in [-0.4, -0.2) is 30.4 Å². The Morgan fingerprint density at radius 1 is 1.50 bits per heavy atom. The monoisotopic (exact) mass is 286 g/mol. The maximum Gasteiger partial charge on any atom is 0.335 e. The van der Waals surface area contributed by atoms with Gasteiger partial charge in [-0.1, -0.05) is 15.9 Å². The maximum absolute atomic E-state index is 10.8. The summed E-state index contributed by atoms with van der Waals surface area (Å²) >= 11 is 3.26. The Bertz CT molecular complexity index is 399. The van der Waals surface area contributed by atoms with Crippen molar-refractivity contribution in [3.63, 3.8) is 0 Å². The van der Waals surface area contributed by atoms with Crippen molar-refractivity contribution in [3.05, 3.63) is 28.2 Å². The predicted octanol–water partition coefficient (Wildman–Crippen LogP) is 2.32. The quantitative estimate of drug-likeness (QED) is 0.927. The van der Waals surface area contributed by atoms with E-state index >= 15 is 0 Å². The lowest BCUT2D eigenvalue weighted by molar-refractivity contribution is 0.0695. The van der Waals surface area contributed by atoms with Gasteiger partial charge in [-0.15, -0.1) is 0 Å². The van der Waals surface area contributed by atoms with Gasteiger partial charge in [-0.3, -0.25) is 0 Å². The van der Waals surface area contributed by atoms with Crippen LogP contribution in [0.5, 0.6) is 5.75 Å². The fraction of sp³-hybridized carbons (Fsp3) is 0.364. The van der Waals surface area contributed by atoms with Gasteiger partial charge in [0.05, 0.1) is 18.8 Å². The van der Waals surface area contributed by atoms with Crippen molar-refractivity contribution in [3.8, 4) is 5.75 Å². The van der Waals surface area contributed by atoms with E-state index in [1.807, 2.05) is 0 Å². The third-order valence-electron chi connectivity index (χ3n) is 2.31. The zero-order chi connectivity index (χ0) is 11.5. The second-order valence-electron chi connectivity index (χ2n) is 3.58. The molecule has 0 aromatic heterocycles. The molecule has 0 radical (unpaired) electrons. The Morgan fingerprint density at radius 2 is 2.31 bits per heavy atom. The van der Waals surface area contributed by atoms with Gasteiger partial charge in [0.25, 0.3) is 0 Å². The minimum atomic E-state index is -0.964. The van der Waals surface area contributed by atoms with Crippen molar-refractivity contribution in [2.75, 3.05) is 13.2 Å². The van der Waals surface area contributed by atoms with Crippen molar-refractivity contribution >= 4 is 21.9 Å². The summed E-state index contributed by atoms with van der Waals surface area (Å²) < 4.78 is 11.5. The molecule has 2 rings (SSSR count). The number of aromatic carboxylic acids is 1. The first-order valence-electron chi connectivity index (χ1n) is 4.93. The van der Waals surface area contributed by atoms with Crippen molar-refractivity contribution in [2.45, 2.75) is 12.5 Å². The average Bonchev–Trinajstić information content (AvgIpc) is 2.69. The Hall–Kier alpha value is -1.07. The van der Waals surface area contributed by atoms with Crippen LogP contribution >= 0.6 is 15.9 Å². The van der Waals surface area contributed by atoms with E-state index in [9.17, 15) is 4.79 Å². The van der Waals surface area contributed by atoms with Gasteiger partial charge in [0.15, 0.2) is 0 Å². The fourth-order valence-corrected chi connectivity index (χ4v) is 2.02. The molecule has 1 aromatic carbocycles. The first-order valence-corrected chi connectivity index (χ1v) is 5.73. The minimum Gasteiger partial charge on any atom is -0.488 e. The molecule has 0 bridgehead atoms. The maximum atomic E-state index is 10.8. The molecular formula is C11H11BrO4. The van der Waals surface area contributed by atoms with Crippen LogP contribution in [0.1, 0.15) is 16.8 Å². The molecule has 0 aliphatic carbocycles. The Labute approximate surface area is 101 Å². The molecule has 1 atom stereocenters. The molecule has 1 saturated heterocycles. The predicted molar refractivity (Wildman–Crippen MR) is 61.0 cm³/mol. The molecule has 0 amide bonds. The summed E-state index contributed by atoms with van der Waals surface area (Å²) in [5.41, 5.74) is 0.211. The molecule has 86 valence electrons. The molecule has 1 aromatic rings. The number of carboxylic acid groups (broad SMARTS) is 1. The van der Waals surface area contributed by atoms with E-state index in [1.54, 1.807) is 12.1 Å². The van der Waals surface area contributed by atoms with E-state index < -0.39 is 5.97 Å². The molecule has 1 aliphatic heterocycles. The zero-order valence-electron chi connectivity index (χ0n) is 8.48. The van der Waals surface area contributed by atoms with Gasteiger partial charge in [0.1, 0.15) is 11.9 Å². The highest BCUT2D eigenvalue weighted by Gasteiger charge is 2.18. The van der Waals surface area contributed by atoms with E-state index in [0.717, 1.165) is 6.42 Å². The van der Waals surface area contributed by atoms with E-state index in [2.05, 4.69) is 15.9 Å². The highest BCUT2D eigenvalue weighted by atomic mass is 79.9. The molecule has 16 heavy (non-hydrogen) atoms. The van der Waals surface area contributed by atoms with Gasteiger partial charge >= 0.3 is 5.97 Å². The van der Waals surface area contributed by atoms with Gasteiger partial charge in [-0.25, -0.2) is 4.79 Å². The largest absolute Gasteiger partial charge is 0.488 e. The van der Waals surface area contributed by atoms with E-state index in [1.165, 1.54) is 6.07 Å². The van der Waals surface area contributed by atoms with Gasteiger partial charge < -0.3 is 14.6 Å². The van der Waals surface area contributed by atoms with Crippen molar-refractivity contribution in [2.24, 2.45) is 0 Å². The van der Waals surface area contributed by atoms with Crippen LogP contribution < -0.4 is 4.74 Å². The SMILES string of the molecule is O=C(O)c1cc(Br)cc(O[C@@H]2CCOC2)c1. The number of halogens is 1. The lowest BCUT2D eigenvalue weighted by Gasteiger charge is -2.12. The molecular weight excluding hydrogens is 276 g/mol. The summed E-state index contributed by atoms with van der Waals surface area (Å²) in [4.78, 5) is 10.8. The third kappa shape index (κ3) is 2.74. The van der Waals surface area contributed by atoms with E-state index in [4.69, 9.17) is 14.6 Å². The van der Waals surface area contributed by atoms with Crippen LogP contribution in [0.2, 0.25) is 0 Å². The summed E-state index contributed by atoms with van der Waals surface area (Å²) in [5, 5.41) is 8.89. The van der Waals surface area contributed by atoms with Crippen molar-refractivity contribution in [1.82, 2.24) is 0 Å². The smallest absolute Gasteiger partial charge is 0.335 e. The molecule has 0 spiro atoms. The minimum absolute atomic E-state index is 0.0240. The number of hydrogen-bond donors (Lipinski definition) is 1. The number of rotatable bonds is 3. The summed E-state index contributed by atoms with van der Waals surface area (Å²) in [6.07, 6.45) is 0.866. The van der Waals surface area contributed by atoms with Gasteiger partial charge in [0, 0.05) is 10.9 Å². The van der Waals surface area contributed by atoms with Crippen LogP contribution in [0, 0.1) is 0 Å². The Morgan fingerprint density at radius 3 is 2.94 bits per heavy atom. The Kier molecular flexibility index (Phi) is 3.46. The summed E-state index contributed by atoms with van der Waals surface area (Å²) in [6, 6.07) is 4.82. The van der Waals surface area contributed by atoms with Gasteiger partial charge in [-0.2, -0.15) is 0 Å². The molecule has 4 nitrogen and oxygen atoms in total. The molecule has 0 unspecified atom stereocenters. The zero-order valence-corrected chi connectivity index (χ0v) is 10.1. The number of carbonyl (C=O) groups is 1. The van der Waals surface area contributed by atoms with Crippen LogP contribution in [-0.2, 0) is 4.74 Å². The second kappa shape index (κ2) is 4.84. The summed E-state index contributed by atoms with van der Waals surface area (Å²) in [7, 11) is 0. The van der Waals surface area contributed by atoms with E-state index in [-0.39, 0.29) is 11.7 Å². The molecule has 1 fully saturated rings. The van der Waals surface area contributed by atoms with Gasteiger partial charge in [-0.05, 0) is 18.2 Å². The Balaban J connectivity index is 2.16.